The van der Waals surface area contributed by atoms with E-state index in [1.165, 1.54) is 0 Å². The fourth-order valence-electron chi connectivity index (χ4n) is 2.45. The lowest BCUT2D eigenvalue weighted by Gasteiger charge is -2.40. The number of hydrogen-bond donors (Lipinski definition) is 2. The Morgan fingerprint density at radius 3 is 2.50 bits per heavy atom. The Labute approximate surface area is 117 Å². The van der Waals surface area contributed by atoms with Crippen LogP contribution in [-0.4, -0.2) is 24.9 Å². The lowest BCUT2D eigenvalue weighted by Crippen LogP contribution is -2.43. The Balaban J connectivity index is 2.30. The highest BCUT2D eigenvalue weighted by molar-refractivity contribution is 6.34. The number of benzene rings is 1. The minimum absolute atomic E-state index is 0.373. The average molecular weight is 290 g/mol. The highest BCUT2D eigenvalue weighted by atomic mass is 35.5. The quantitative estimate of drug-likeness (QED) is 0.900. The number of rotatable bonds is 3. The summed E-state index contributed by atoms with van der Waals surface area (Å²) in [4.78, 5) is 0. The largest absolute Gasteiger partial charge is 0.388 e. The first kappa shape index (κ1) is 14.1. The molecule has 3 N–H and O–H groups in total. The number of nitrogens with two attached hydrogens (primary N) is 1. The van der Waals surface area contributed by atoms with Crippen LogP contribution in [0.25, 0.3) is 0 Å². The van der Waals surface area contributed by atoms with Crippen LogP contribution in [0, 0.1) is 5.41 Å². The molecule has 0 bridgehead atoms. The van der Waals surface area contributed by atoms with Gasteiger partial charge in [-0.25, -0.2) is 0 Å². The molecule has 0 aliphatic carbocycles. The second-order valence-corrected chi connectivity index (χ2v) is 5.70. The topological polar surface area (TPSA) is 55.5 Å². The monoisotopic (exact) mass is 289 g/mol. The molecule has 0 aromatic heterocycles. The van der Waals surface area contributed by atoms with E-state index in [-0.39, 0.29) is 0 Å². The molecule has 0 amide bonds. The lowest BCUT2D eigenvalue weighted by atomic mass is 9.75. The molecule has 5 heteroatoms. The molecule has 1 aliphatic heterocycles. The molecule has 1 aromatic carbocycles. The van der Waals surface area contributed by atoms with E-state index >= 15 is 0 Å². The van der Waals surface area contributed by atoms with Crippen molar-refractivity contribution in [3.05, 3.63) is 33.8 Å². The van der Waals surface area contributed by atoms with Crippen LogP contribution in [0.4, 0.5) is 0 Å². The van der Waals surface area contributed by atoms with Gasteiger partial charge in [0.05, 0.1) is 12.7 Å². The van der Waals surface area contributed by atoms with Crippen molar-refractivity contribution in [1.82, 2.24) is 0 Å². The standard InChI is InChI=1S/C13H17Cl2NO2/c14-10-4-9(5-11(15)6-10)12(17)13(7-16)2-1-3-18-8-13/h4-6,12,17H,1-3,7-8,16H2. The normalized spacial score (nSPS) is 26.0. The molecule has 1 aliphatic rings. The maximum absolute atomic E-state index is 10.6. The second-order valence-electron chi connectivity index (χ2n) is 4.83. The van der Waals surface area contributed by atoms with Crippen molar-refractivity contribution in [1.29, 1.82) is 0 Å². The van der Waals surface area contributed by atoms with Crippen LogP contribution >= 0.6 is 23.2 Å². The number of halogens is 2. The van der Waals surface area contributed by atoms with E-state index in [4.69, 9.17) is 33.7 Å². The minimum Gasteiger partial charge on any atom is -0.388 e. The highest BCUT2D eigenvalue weighted by Gasteiger charge is 2.39. The third-order valence-corrected chi connectivity index (χ3v) is 3.98. The summed E-state index contributed by atoms with van der Waals surface area (Å²) in [5.74, 6) is 0. The van der Waals surface area contributed by atoms with Crippen LogP contribution in [0.2, 0.25) is 10.0 Å². The molecule has 18 heavy (non-hydrogen) atoms. The van der Waals surface area contributed by atoms with Gasteiger partial charge in [0.1, 0.15) is 0 Å². The molecule has 0 saturated carbocycles. The molecule has 0 radical (unpaired) electrons. The molecule has 1 saturated heterocycles. The van der Waals surface area contributed by atoms with Crippen LogP contribution < -0.4 is 5.73 Å². The Hall–Kier alpha value is -0.320. The van der Waals surface area contributed by atoms with Crippen LogP contribution in [0.5, 0.6) is 0 Å². The number of hydrogen-bond acceptors (Lipinski definition) is 3. The molecule has 2 rings (SSSR count). The van der Waals surface area contributed by atoms with Gasteiger partial charge in [-0.3, -0.25) is 0 Å². The summed E-state index contributed by atoms with van der Waals surface area (Å²) >= 11 is 11.9. The number of ether oxygens (including phenoxy) is 1. The van der Waals surface area contributed by atoms with Crippen molar-refractivity contribution < 1.29 is 9.84 Å². The van der Waals surface area contributed by atoms with Crippen LogP contribution in [0.1, 0.15) is 24.5 Å². The third-order valence-electron chi connectivity index (χ3n) is 3.54. The molecule has 3 nitrogen and oxygen atoms in total. The summed E-state index contributed by atoms with van der Waals surface area (Å²) in [6.07, 6.45) is 1.04. The SMILES string of the molecule is NCC1(C(O)c2cc(Cl)cc(Cl)c2)CCCOC1. The Morgan fingerprint density at radius 1 is 1.33 bits per heavy atom. The number of aliphatic hydroxyl groups excluding tert-OH is 1. The van der Waals surface area contributed by atoms with Crippen molar-refractivity contribution in [2.75, 3.05) is 19.8 Å². The van der Waals surface area contributed by atoms with Crippen molar-refractivity contribution in [3.63, 3.8) is 0 Å². The van der Waals surface area contributed by atoms with Gasteiger partial charge in [0.15, 0.2) is 0 Å². The summed E-state index contributed by atoms with van der Waals surface area (Å²) in [6.45, 7) is 1.57. The smallest absolute Gasteiger partial charge is 0.0881 e. The van der Waals surface area contributed by atoms with Crippen LogP contribution in [0.15, 0.2) is 18.2 Å². The predicted molar refractivity (Wildman–Crippen MR) is 73.0 cm³/mol. The van der Waals surface area contributed by atoms with Crippen molar-refractivity contribution in [3.8, 4) is 0 Å². The summed E-state index contributed by atoms with van der Waals surface area (Å²) in [6, 6.07) is 5.10. The van der Waals surface area contributed by atoms with Gasteiger partial charge in [-0.15, -0.1) is 0 Å². The zero-order valence-electron chi connectivity index (χ0n) is 10.0. The fraction of sp³-hybridized carbons (Fsp3) is 0.538. The number of aliphatic hydroxyl groups is 1. The summed E-state index contributed by atoms with van der Waals surface area (Å²) < 4.78 is 5.47. The predicted octanol–water partition coefficient (Wildman–Crippen LogP) is 2.78. The molecular formula is C13H17Cl2NO2. The van der Waals surface area contributed by atoms with Gasteiger partial charge in [-0.05, 0) is 36.6 Å². The Morgan fingerprint density at radius 2 is 2.00 bits per heavy atom. The summed E-state index contributed by atoms with van der Waals surface area (Å²) in [5.41, 5.74) is 6.11. The van der Waals surface area contributed by atoms with Crippen LogP contribution in [0.3, 0.4) is 0 Å². The van der Waals surface area contributed by atoms with E-state index in [1.54, 1.807) is 18.2 Å². The summed E-state index contributed by atoms with van der Waals surface area (Å²) in [5, 5.41) is 11.6. The van der Waals surface area contributed by atoms with Gasteiger partial charge < -0.3 is 15.6 Å². The first-order valence-corrected chi connectivity index (χ1v) is 6.75. The van der Waals surface area contributed by atoms with Crippen molar-refractivity contribution >= 4 is 23.2 Å². The van der Waals surface area contributed by atoms with Gasteiger partial charge in [0.25, 0.3) is 0 Å². The Kier molecular flexibility index (Phi) is 4.51. The van der Waals surface area contributed by atoms with Crippen LogP contribution in [-0.2, 0) is 4.74 Å². The van der Waals surface area contributed by atoms with Gasteiger partial charge in [-0.2, -0.15) is 0 Å². The van der Waals surface area contributed by atoms with E-state index in [1.807, 2.05) is 0 Å². The van der Waals surface area contributed by atoms with E-state index in [0.717, 1.165) is 19.4 Å². The zero-order chi connectivity index (χ0) is 13.2. The van der Waals surface area contributed by atoms with Gasteiger partial charge >= 0.3 is 0 Å². The van der Waals surface area contributed by atoms with Gasteiger partial charge in [0, 0.05) is 28.6 Å². The van der Waals surface area contributed by atoms with E-state index in [9.17, 15) is 5.11 Å². The van der Waals surface area contributed by atoms with E-state index < -0.39 is 11.5 Å². The molecule has 2 atom stereocenters. The fourth-order valence-corrected chi connectivity index (χ4v) is 2.99. The zero-order valence-corrected chi connectivity index (χ0v) is 11.5. The van der Waals surface area contributed by atoms with Crippen molar-refractivity contribution in [2.45, 2.75) is 18.9 Å². The van der Waals surface area contributed by atoms with E-state index in [2.05, 4.69) is 0 Å². The summed E-state index contributed by atoms with van der Waals surface area (Å²) in [7, 11) is 0. The highest BCUT2D eigenvalue weighted by Crippen LogP contribution is 2.41. The molecular weight excluding hydrogens is 273 g/mol. The molecule has 100 valence electrons. The molecule has 1 fully saturated rings. The van der Waals surface area contributed by atoms with Gasteiger partial charge in [-0.1, -0.05) is 23.2 Å². The van der Waals surface area contributed by atoms with E-state index in [0.29, 0.717) is 28.8 Å². The van der Waals surface area contributed by atoms with Gasteiger partial charge in [0.2, 0.25) is 0 Å². The maximum atomic E-state index is 10.6. The first-order chi connectivity index (χ1) is 8.57. The second kappa shape index (κ2) is 5.76. The Bertz CT molecular complexity index is 399. The molecule has 1 aromatic rings. The molecule has 2 unspecified atom stereocenters. The average Bonchev–Trinajstić information content (AvgIpc) is 2.37. The first-order valence-electron chi connectivity index (χ1n) is 5.99. The third kappa shape index (κ3) is 2.81. The lowest BCUT2D eigenvalue weighted by molar-refractivity contribution is -0.0781. The molecule has 1 heterocycles. The minimum atomic E-state index is -0.709. The van der Waals surface area contributed by atoms with Crippen molar-refractivity contribution in [2.24, 2.45) is 11.1 Å². The molecule has 0 spiro atoms. The maximum Gasteiger partial charge on any atom is 0.0881 e.